The molecular formula is C9H13FN2O3. The lowest BCUT2D eigenvalue weighted by molar-refractivity contribution is 0.0126. The summed E-state index contributed by atoms with van der Waals surface area (Å²) in [7, 11) is 0. The summed E-state index contributed by atoms with van der Waals surface area (Å²) in [5.74, 6) is -0.999. The maximum Gasteiger partial charge on any atom is 0.330 e. The van der Waals surface area contributed by atoms with Gasteiger partial charge in [0.2, 0.25) is 5.82 Å². The van der Waals surface area contributed by atoms with Crippen LogP contribution >= 0.6 is 0 Å². The molecule has 0 aliphatic rings. The molecule has 0 unspecified atom stereocenters. The molecule has 5 nitrogen and oxygen atoms in total. The second kappa shape index (κ2) is 4.88. The highest BCUT2D eigenvalue weighted by Gasteiger charge is 2.09. The van der Waals surface area contributed by atoms with Crippen LogP contribution in [-0.2, 0) is 4.74 Å². The van der Waals surface area contributed by atoms with Crippen LogP contribution in [0, 0.1) is 5.82 Å². The summed E-state index contributed by atoms with van der Waals surface area (Å²) in [5, 5.41) is 0. The van der Waals surface area contributed by atoms with Crippen LogP contribution in [-0.4, -0.2) is 16.2 Å². The summed E-state index contributed by atoms with van der Waals surface area (Å²) in [6, 6.07) is 0. The van der Waals surface area contributed by atoms with Gasteiger partial charge in [-0.1, -0.05) is 6.92 Å². The van der Waals surface area contributed by atoms with Crippen LogP contribution in [0.1, 0.15) is 26.5 Å². The van der Waals surface area contributed by atoms with E-state index in [0.29, 0.717) is 6.61 Å². The van der Waals surface area contributed by atoms with Gasteiger partial charge in [0.1, 0.15) is 6.23 Å². The number of ether oxygens (including phenoxy) is 1. The maximum absolute atomic E-state index is 12.9. The molecule has 0 aromatic carbocycles. The van der Waals surface area contributed by atoms with Gasteiger partial charge in [-0.15, -0.1) is 0 Å². The van der Waals surface area contributed by atoms with E-state index in [1.807, 2.05) is 11.9 Å². The number of halogens is 1. The number of nitrogens with one attached hydrogen (secondary N) is 1. The maximum atomic E-state index is 12.9. The van der Waals surface area contributed by atoms with Crippen molar-refractivity contribution in [2.45, 2.75) is 26.5 Å². The molecule has 1 atom stereocenters. The standard InChI is InChI=1S/C9H13FN2O3/c1-3-4-15-6(2)12-5-7(10)8(13)11-9(12)14/h5-6H,3-4H2,1-2H3,(H,11,13,14)/t6-/m1/s1. The first kappa shape index (κ1) is 11.6. The van der Waals surface area contributed by atoms with E-state index in [0.717, 1.165) is 17.2 Å². The first-order valence-electron chi connectivity index (χ1n) is 4.68. The Kier molecular flexibility index (Phi) is 3.79. The fourth-order valence-electron chi connectivity index (χ4n) is 1.10. The minimum absolute atomic E-state index is 0.467. The first-order valence-corrected chi connectivity index (χ1v) is 4.68. The van der Waals surface area contributed by atoms with Gasteiger partial charge in [0.05, 0.1) is 6.20 Å². The zero-order valence-corrected chi connectivity index (χ0v) is 8.62. The molecule has 1 heterocycles. The third-order valence-corrected chi connectivity index (χ3v) is 1.88. The molecule has 0 bridgehead atoms. The number of nitrogens with zero attached hydrogens (tertiary/aromatic N) is 1. The fraction of sp³-hybridized carbons (Fsp3) is 0.556. The molecule has 0 aliphatic heterocycles. The lowest BCUT2D eigenvalue weighted by Gasteiger charge is -2.14. The van der Waals surface area contributed by atoms with Gasteiger partial charge in [0.25, 0.3) is 5.56 Å². The molecule has 15 heavy (non-hydrogen) atoms. The molecule has 84 valence electrons. The Bertz CT molecular complexity index is 438. The number of aromatic amines is 1. The van der Waals surface area contributed by atoms with Gasteiger partial charge in [-0.3, -0.25) is 14.3 Å². The molecule has 1 rings (SSSR count). The van der Waals surface area contributed by atoms with Gasteiger partial charge in [-0.2, -0.15) is 4.39 Å². The number of rotatable bonds is 4. The van der Waals surface area contributed by atoms with Crippen molar-refractivity contribution in [2.24, 2.45) is 0 Å². The first-order chi connectivity index (χ1) is 7.06. The summed E-state index contributed by atoms with van der Waals surface area (Å²) >= 11 is 0. The van der Waals surface area contributed by atoms with Gasteiger partial charge in [0.15, 0.2) is 0 Å². The zero-order valence-electron chi connectivity index (χ0n) is 8.62. The molecule has 0 saturated carbocycles. The van der Waals surface area contributed by atoms with E-state index < -0.39 is 23.3 Å². The monoisotopic (exact) mass is 216 g/mol. The van der Waals surface area contributed by atoms with Gasteiger partial charge >= 0.3 is 5.69 Å². The molecule has 1 aromatic heterocycles. The zero-order chi connectivity index (χ0) is 11.4. The minimum Gasteiger partial charge on any atom is -0.358 e. The Labute approximate surface area is 85.5 Å². The van der Waals surface area contributed by atoms with Crippen molar-refractivity contribution in [3.05, 3.63) is 32.9 Å². The van der Waals surface area contributed by atoms with Crippen LogP contribution in [0.3, 0.4) is 0 Å². The Morgan fingerprint density at radius 2 is 2.27 bits per heavy atom. The number of H-pyrrole nitrogens is 1. The fourth-order valence-corrected chi connectivity index (χ4v) is 1.10. The normalized spacial score (nSPS) is 12.7. The highest BCUT2D eigenvalue weighted by Crippen LogP contribution is 2.03. The van der Waals surface area contributed by atoms with E-state index >= 15 is 0 Å². The van der Waals surface area contributed by atoms with Crippen molar-refractivity contribution in [1.82, 2.24) is 9.55 Å². The van der Waals surface area contributed by atoms with Crippen LogP contribution in [0.4, 0.5) is 4.39 Å². The summed E-state index contributed by atoms with van der Waals surface area (Å²) in [4.78, 5) is 23.9. The van der Waals surface area contributed by atoms with Gasteiger partial charge in [-0.05, 0) is 13.3 Å². The van der Waals surface area contributed by atoms with Gasteiger partial charge < -0.3 is 4.74 Å². The van der Waals surface area contributed by atoms with Crippen LogP contribution in [0.5, 0.6) is 0 Å². The van der Waals surface area contributed by atoms with Crippen molar-refractivity contribution in [3.8, 4) is 0 Å². The van der Waals surface area contributed by atoms with E-state index in [2.05, 4.69) is 0 Å². The third-order valence-electron chi connectivity index (χ3n) is 1.88. The molecule has 0 spiro atoms. The molecule has 6 heteroatoms. The highest BCUT2D eigenvalue weighted by molar-refractivity contribution is 4.87. The molecule has 0 radical (unpaired) electrons. The van der Waals surface area contributed by atoms with Crippen molar-refractivity contribution < 1.29 is 9.13 Å². The number of hydrogen-bond donors (Lipinski definition) is 1. The van der Waals surface area contributed by atoms with Crippen molar-refractivity contribution in [3.63, 3.8) is 0 Å². The van der Waals surface area contributed by atoms with E-state index in [9.17, 15) is 14.0 Å². The molecule has 0 fully saturated rings. The molecule has 0 amide bonds. The summed E-state index contributed by atoms with van der Waals surface area (Å²) in [5.41, 5.74) is -1.69. The Hall–Kier alpha value is -1.43. The largest absolute Gasteiger partial charge is 0.358 e. The highest BCUT2D eigenvalue weighted by atomic mass is 19.1. The topological polar surface area (TPSA) is 64.1 Å². The van der Waals surface area contributed by atoms with E-state index in [1.54, 1.807) is 6.92 Å². The van der Waals surface area contributed by atoms with Crippen molar-refractivity contribution in [2.75, 3.05) is 6.61 Å². The van der Waals surface area contributed by atoms with E-state index in [4.69, 9.17) is 4.74 Å². The van der Waals surface area contributed by atoms with Crippen LogP contribution in [0.25, 0.3) is 0 Å². The lowest BCUT2D eigenvalue weighted by atomic mass is 10.5. The molecule has 0 aliphatic carbocycles. The summed E-state index contributed by atoms with van der Waals surface area (Å²) in [6.45, 7) is 3.99. The quantitative estimate of drug-likeness (QED) is 0.802. The Morgan fingerprint density at radius 3 is 2.87 bits per heavy atom. The molecule has 0 saturated heterocycles. The third kappa shape index (κ3) is 2.76. The molecule has 1 N–H and O–H groups in total. The van der Waals surface area contributed by atoms with E-state index in [1.165, 1.54) is 0 Å². The predicted molar refractivity (Wildman–Crippen MR) is 52.2 cm³/mol. The second-order valence-electron chi connectivity index (χ2n) is 3.11. The van der Waals surface area contributed by atoms with E-state index in [-0.39, 0.29) is 0 Å². The molecular weight excluding hydrogens is 203 g/mol. The average Bonchev–Trinajstić information content (AvgIpc) is 2.20. The second-order valence-corrected chi connectivity index (χ2v) is 3.11. The van der Waals surface area contributed by atoms with Crippen molar-refractivity contribution in [1.29, 1.82) is 0 Å². The van der Waals surface area contributed by atoms with Crippen LogP contribution in [0.2, 0.25) is 0 Å². The summed E-state index contributed by atoms with van der Waals surface area (Å²) in [6.07, 6.45) is 1.05. The van der Waals surface area contributed by atoms with Gasteiger partial charge in [-0.25, -0.2) is 4.79 Å². The minimum atomic E-state index is -1.01. The smallest absolute Gasteiger partial charge is 0.330 e. The lowest BCUT2D eigenvalue weighted by Crippen LogP contribution is -2.33. The number of aromatic nitrogens is 2. The van der Waals surface area contributed by atoms with Crippen LogP contribution < -0.4 is 11.2 Å². The van der Waals surface area contributed by atoms with Crippen LogP contribution in [0.15, 0.2) is 15.8 Å². The Balaban J connectivity index is 2.99. The number of hydrogen-bond acceptors (Lipinski definition) is 3. The van der Waals surface area contributed by atoms with Gasteiger partial charge in [0, 0.05) is 6.61 Å². The molecule has 1 aromatic rings. The predicted octanol–water partition coefficient (Wildman–Crippen LogP) is 0.621. The van der Waals surface area contributed by atoms with Crippen molar-refractivity contribution >= 4 is 0 Å². The SMILES string of the molecule is CCCO[C@H](C)n1cc(F)c(=O)[nH]c1=O. The summed E-state index contributed by atoms with van der Waals surface area (Å²) < 4.78 is 19.1. The average molecular weight is 216 g/mol. The Morgan fingerprint density at radius 1 is 1.60 bits per heavy atom.